The van der Waals surface area contributed by atoms with E-state index in [1.807, 2.05) is 18.2 Å². The molecule has 0 aliphatic rings. The molecule has 0 bridgehead atoms. The second-order valence-corrected chi connectivity index (χ2v) is 6.26. The largest absolute Gasteiger partial charge is 0.489 e. The van der Waals surface area contributed by atoms with Gasteiger partial charge in [-0.25, -0.2) is 0 Å². The van der Waals surface area contributed by atoms with Crippen molar-refractivity contribution in [1.29, 1.82) is 5.26 Å². The van der Waals surface area contributed by atoms with E-state index < -0.39 is 0 Å². The van der Waals surface area contributed by atoms with Gasteiger partial charge in [0.25, 0.3) is 0 Å². The molecule has 3 heteroatoms. The Bertz CT molecular complexity index is 439. The highest BCUT2D eigenvalue weighted by Gasteiger charge is 2.12. The van der Waals surface area contributed by atoms with E-state index in [0.717, 1.165) is 22.8 Å². The van der Waals surface area contributed by atoms with Crippen LogP contribution in [0.25, 0.3) is 0 Å². The topological polar surface area (TPSA) is 33.0 Å². The van der Waals surface area contributed by atoms with Gasteiger partial charge in [0.15, 0.2) is 0 Å². The first-order valence-corrected chi connectivity index (χ1v) is 8.54. The number of thioether (sulfide) groups is 1. The van der Waals surface area contributed by atoms with E-state index in [0.29, 0.717) is 5.56 Å². The predicted molar refractivity (Wildman–Crippen MR) is 86.4 cm³/mol. The van der Waals surface area contributed by atoms with Crippen LogP contribution < -0.4 is 4.74 Å². The van der Waals surface area contributed by atoms with Gasteiger partial charge < -0.3 is 4.74 Å². The van der Waals surface area contributed by atoms with Crippen LogP contribution in [-0.4, -0.2) is 11.9 Å². The molecule has 0 amide bonds. The van der Waals surface area contributed by atoms with Gasteiger partial charge in [-0.2, -0.15) is 5.26 Å². The summed E-state index contributed by atoms with van der Waals surface area (Å²) in [6.45, 7) is 6.40. The number of nitrogens with zero attached hydrogens (tertiary/aromatic N) is 1. The van der Waals surface area contributed by atoms with Gasteiger partial charge in [0.05, 0.1) is 6.10 Å². The number of rotatable bonds is 9. The van der Waals surface area contributed by atoms with Gasteiger partial charge in [0.1, 0.15) is 17.4 Å². The zero-order valence-corrected chi connectivity index (χ0v) is 13.6. The lowest BCUT2D eigenvalue weighted by Gasteiger charge is -2.16. The van der Waals surface area contributed by atoms with Crippen molar-refractivity contribution in [1.82, 2.24) is 0 Å². The van der Waals surface area contributed by atoms with Gasteiger partial charge in [0.2, 0.25) is 0 Å². The Labute approximate surface area is 127 Å². The Hall–Kier alpha value is -1.14. The van der Waals surface area contributed by atoms with Crippen molar-refractivity contribution in [3.63, 3.8) is 0 Å². The zero-order valence-electron chi connectivity index (χ0n) is 12.8. The van der Waals surface area contributed by atoms with Crippen LogP contribution in [0.5, 0.6) is 5.75 Å². The molecule has 0 spiro atoms. The van der Waals surface area contributed by atoms with Crippen molar-refractivity contribution >= 4 is 11.8 Å². The van der Waals surface area contributed by atoms with E-state index in [1.54, 1.807) is 11.8 Å². The summed E-state index contributed by atoms with van der Waals surface area (Å²) in [5, 5.41) is 9.34. The summed E-state index contributed by atoms with van der Waals surface area (Å²) in [6, 6.07) is 8.15. The van der Waals surface area contributed by atoms with Crippen LogP contribution in [0.3, 0.4) is 0 Å². The lowest BCUT2D eigenvalue weighted by Crippen LogP contribution is -2.12. The molecule has 2 nitrogen and oxygen atoms in total. The van der Waals surface area contributed by atoms with Crippen molar-refractivity contribution in [2.24, 2.45) is 0 Å². The predicted octanol–water partition coefficient (Wildman–Crippen LogP) is 5.41. The van der Waals surface area contributed by atoms with E-state index in [1.165, 1.54) is 25.7 Å². The van der Waals surface area contributed by atoms with E-state index in [2.05, 4.69) is 26.8 Å². The minimum atomic E-state index is 0.167. The highest BCUT2D eigenvalue weighted by Crippen LogP contribution is 2.30. The van der Waals surface area contributed by atoms with Crippen molar-refractivity contribution in [3.05, 3.63) is 23.8 Å². The fourth-order valence-corrected chi connectivity index (χ4v) is 2.91. The molecule has 0 aliphatic heterocycles. The highest BCUT2D eigenvalue weighted by molar-refractivity contribution is 7.99. The number of nitriles is 1. The maximum atomic E-state index is 9.34. The van der Waals surface area contributed by atoms with Crippen molar-refractivity contribution in [2.75, 3.05) is 5.75 Å². The third-order valence-corrected chi connectivity index (χ3v) is 4.13. The maximum absolute atomic E-state index is 9.34. The Morgan fingerprint density at radius 2 is 2.05 bits per heavy atom. The van der Waals surface area contributed by atoms with Crippen molar-refractivity contribution < 1.29 is 4.74 Å². The summed E-state index contributed by atoms with van der Waals surface area (Å²) >= 11 is 1.69. The van der Waals surface area contributed by atoms with E-state index in [-0.39, 0.29) is 6.10 Å². The van der Waals surface area contributed by atoms with Crippen LogP contribution in [0.15, 0.2) is 23.1 Å². The molecular formula is C17H25NOS. The first-order valence-electron chi connectivity index (χ1n) is 7.55. The number of benzene rings is 1. The number of unbranched alkanes of at least 4 members (excludes halogenated alkanes) is 3. The molecule has 0 heterocycles. The summed E-state index contributed by atoms with van der Waals surface area (Å²) in [5.41, 5.74) is 0.680. The summed E-state index contributed by atoms with van der Waals surface area (Å²) in [4.78, 5) is 1.02. The standard InChI is InChI=1S/C17H25NOS/c1-4-6-7-8-10-14(3)19-16-11-9-12-17(20-5-2)15(16)13-18/h9,11-12,14H,4-8,10H2,1-3H3. The number of hydrogen-bond acceptors (Lipinski definition) is 3. The molecule has 1 atom stereocenters. The fourth-order valence-electron chi connectivity index (χ4n) is 2.13. The molecule has 0 aromatic heterocycles. The number of ether oxygens (including phenoxy) is 1. The molecule has 0 radical (unpaired) electrons. The molecule has 0 aliphatic carbocycles. The second kappa shape index (κ2) is 9.72. The third kappa shape index (κ3) is 5.46. The molecular weight excluding hydrogens is 266 g/mol. The first kappa shape index (κ1) is 16.9. The Balaban J connectivity index is 2.62. The normalized spacial score (nSPS) is 11.9. The zero-order chi connectivity index (χ0) is 14.8. The SMILES string of the molecule is CCCCCCC(C)Oc1cccc(SCC)c1C#N. The quantitative estimate of drug-likeness (QED) is 0.450. The van der Waals surface area contributed by atoms with Crippen LogP contribution in [0.4, 0.5) is 0 Å². The Morgan fingerprint density at radius 3 is 2.70 bits per heavy atom. The maximum Gasteiger partial charge on any atom is 0.138 e. The van der Waals surface area contributed by atoms with Crippen LogP contribution in [-0.2, 0) is 0 Å². The minimum Gasteiger partial charge on any atom is -0.489 e. The monoisotopic (exact) mass is 291 g/mol. The number of hydrogen-bond donors (Lipinski definition) is 0. The smallest absolute Gasteiger partial charge is 0.138 e. The van der Waals surface area contributed by atoms with Gasteiger partial charge in [0, 0.05) is 4.90 Å². The van der Waals surface area contributed by atoms with Crippen LogP contribution in [0.1, 0.15) is 58.4 Å². The van der Waals surface area contributed by atoms with Crippen LogP contribution >= 0.6 is 11.8 Å². The molecule has 0 N–H and O–H groups in total. The minimum absolute atomic E-state index is 0.167. The average molecular weight is 291 g/mol. The van der Waals surface area contributed by atoms with Crippen LogP contribution in [0.2, 0.25) is 0 Å². The molecule has 1 rings (SSSR count). The average Bonchev–Trinajstić information content (AvgIpc) is 2.44. The molecule has 1 aromatic rings. The lowest BCUT2D eigenvalue weighted by molar-refractivity contribution is 0.205. The molecule has 110 valence electrons. The van der Waals surface area contributed by atoms with Crippen LogP contribution in [0, 0.1) is 11.3 Å². The fraction of sp³-hybridized carbons (Fsp3) is 0.588. The van der Waals surface area contributed by atoms with Gasteiger partial charge >= 0.3 is 0 Å². The van der Waals surface area contributed by atoms with E-state index in [4.69, 9.17) is 4.74 Å². The van der Waals surface area contributed by atoms with Gasteiger partial charge in [-0.1, -0.05) is 39.2 Å². The molecule has 1 unspecified atom stereocenters. The van der Waals surface area contributed by atoms with Gasteiger partial charge in [-0.15, -0.1) is 11.8 Å². The van der Waals surface area contributed by atoms with Gasteiger partial charge in [-0.05, 0) is 37.7 Å². The van der Waals surface area contributed by atoms with Crippen molar-refractivity contribution in [3.8, 4) is 11.8 Å². The Kier molecular flexibility index (Phi) is 8.22. The highest BCUT2D eigenvalue weighted by atomic mass is 32.2. The lowest BCUT2D eigenvalue weighted by atomic mass is 10.1. The summed E-state index contributed by atoms with van der Waals surface area (Å²) in [6.07, 6.45) is 6.22. The molecule has 1 aromatic carbocycles. The van der Waals surface area contributed by atoms with E-state index in [9.17, 15) is 5.26 Å². The first-order chi connectivity index (χ1) is 9.72. The van der Waals surface area contributed by atoms with Gasteiger partial charge in [-0.3, -0.25) is 0 Å². The summed E-state index contributed by atoms with van der Waals surface area (Å²) in [7, 11) is 0. The summed E-state index contributed by atoms with van der Waals surface area (Å²) in [5.74, 6) is 1.69. The molecule has 0 saturated carbocycles. The molecule has 0 saturated heterocycles. The molecule has 0 fully saturated rings. The second-order valence-electron chi connectivity index (χ2n) is 4.95. The molecule has 20 heavy (non-hydrogen) atoms. The Morgan fingerprint density at radius 1 is 1.25 bits per heavy atom. The van der Waals surface area contributed by atoms with E-state index >= 15 is 0 Å². The summed E-state index contributed by atoms with van der Waals surface area (Å²) < 4.78 is 5.97. The third-order valence-electron chi connectivity index (χ3n) is 3.19. The van der Waals surface area contributed by atoms with Crippen molar-refractivity contribution in [2.45, 2.75) is 63.9 Å².